The summed E-state index contributed by atoms with van der Waals surface area (Å²) >= 11 is 0. The molecule has 0 bridgehead atoms. The number of rotatable bonds is 5. The van der Waals surface area contributed by atoms with Gasteiger partial charge in [0.05, 0.1) is 11.6 Å². The molecule has 26 heavy (non-hydrogen) atoms. The van der Waals surface area contributed by atoms with E-state index in [4.69, 9.17) is 4.74 Å². The van der Waals surface area contributed by atoms with Gasteiger partial charge in [-0.2, -0.15) is 5.26 Å². The number of hydrogen-bond acceptors (Lipinski definition) is 2. The van der Waals surface area contributed by atoms with Crippen LogP contribution in [0.1, 0.15) is 16.7 Å². The Morgan fingerprint density at radius 2 is 1.54 bits per heavy atom. The Morgan fingerprint density at radius 1 is 0.885 bits per heavy atom. The predicted molar refractivity (Wildman–Crippen MR) is 97.1 cm³/mol. The second-order valence-electron chi connectivity index (χ2n) is 5.60. The van der Waals surface area contributed by atoms with E-state index >= 15 is 0 Å². The van der Waals surface area contributed by atoms with Crippen molar-refractivity contribution < 1.29 is 13.5 Å². The molecule has 0 fully saturated rings. The van der Waals surface area contributed by atoms with Gasteiger partial charge in [0.2, 0.25) is 0 Å². The third-order valence-electron chi connectivity index (χ3n) is 3.83. The first-order valence-electron chi connectivity index (χ1n) is 8.00. The van der Waals surface area contributed by atoms with Crippen molar-refractivity contribution in [3.05, 3.63) is 101 Å². The number of halogens is 2. The number of nitriles is 1. The summed E-state index contributed by atoms with van der Waals surface area (Å²) in [6, 6.07) is 21.6. The van der Waals surface area contributed by atoms with Crippen LogP contribution in [0.15, 0.2) is 72.8 Å². The van der Waals surface area contributed by atoms with Crippen molar-refractivity contribution >= 4 is 11.6 Å². The van der Waals surface area contributed by atoms with E-state index in [2.05, 4.69) is 0 Å². The molecule has 0 heterocycles. The number of nitrogens with zero attached hydrogens (tertiary/aromatic N) is 1. The molecule has 128 valence electrons. The van der Waals surface area contributed by atoms with Crippen molar-refractivity contribution in [1.29, 1.82) is 5.26 Å². The molecule has 0 unspecified atom stereocenters. The van der Waals surface area contributed by atoms with Gasteiger partial charge in [-0.3, -0.25) is 0 Å². The fourth-order valence-corrected chi connectivity index (χ4v) is 2.45. The average Bonchev–Trinajstić information content (AvgIpc) is 2.67. The molecule has 0 saturated heterocycles. The summed E-state index contributed by atoms with van der Waals surface area (Å²) in [6.45, 7) is 0.126. The molecular formula is C22H15F2NO. The van der Waals surface area contributed by atoms with E-state index in [1.807, 2.05) is 6.07 Å². The lowest BCUT2D eigenvalue weighted by molar-refractivity contribution is 0.300. The maximum atomic E-state index is 13.8. The fourth-order valence-electron chi connectivity index (χ4n) is 2.45. The van der Waals surface area contributed by atoms with Crippen molar-refractivity contribution in [3.8, 4) is 11.8 Å². The Kier molecular flexibility index (Phi) is 5.40. The molecule has 0 aliphatic carbocycles. The molecule has 0 aliphatic heterocycles. The van der Waals surface area contributed by atoms with Crippen LogP contribution in [0.4, 0.5) is 8.78 Å². The maximum Gasteiger partial charge on any atom is 0.131 e. The SMILES string of the molecule is N#CC(=Cc1ccc(OCc2ccccc2F)cc1)c1ccccc1F. The lowest BCUT2D eigenvalue weighted by Crippen LogP contribution is -1.98. The largest absolute Gasteiger partial charge is 0.489 e. The monoisotopic (exact) mass is 347 g/mol. The third-order valence-corrected chi connectivity index (χ3v) is 3.83. The number of ether oxygens (including phenoxy) is 1. The Labute approximate surface area is 150 Å². The predicted octanol–water partition coefficient (Wildman–Crippen LogP) is 5.61. The zero-order chi connectivity index (χ0) is 18.4. The highest BCUT2D eigenvalue weighted by molar-refractivity contribution is 5.89. The van der Waals surface area contributed by atoms with Crippen LogP contribution < -0.4 is 4.74 Å². The molecule has 4 heteroatoms. The van der Waals surface area contributed by atoms with Gasteiger partial charge >= 0.3 is 0 Å². The molecule has 0 amide bonds. The Bertz CT molecular complexity index is 972. The van der Waals surface area contributed by atoms with Crippen LogP contribution >= 0.6 is 0 Å². The van der Waals surface area contributed by atoms with Gasteiger partial charge in [0, 0.05) is 11.1 Å². The van der Waals surface area contributed by atoms with E-state index in [0.717, 1.165) is 5.56 Å². The van der Waals surface area contributed by atoms with Gasteiger partial charge in [0.15, 0.2) is 0 Å². The van der Waals surface area contributed by atoms with Gasteiger partial charge in [-0.1, -0.05) is 48.5 Å². The minimum atomic E-state index is -0.440. The first-order valence-corrected chi connectivity index (χ1v) is 8.00. The highest BCUT2D eigenvalue weighted by Crippen LogP contribution is 2.22. The molecule has 0 N–H and O–H groups in total. The smallest absolute Gasteiger partial charge is 0.131 e. The minimum absolute atomic E-state index is 0.126. The minimum Gasteiger partial charge on any atom is -0.489 e. The molecule has 0 aromatic heterocycles. The molecule has 0 saturated carbocycles. The molecule has 0 aliphatic rings. The quantitative estimate of drug-likeness (QED) is 0.444. The maximum absolute atomic E-state index is 13.8. The topological polar surface area (TPSA) is 33.0 Å². The second kappa shape index (κ2) is 8.09. The van der Waals surface area contributed by atoms with E-state index < -0.39 is 5.82 Å². The second-order valence-corrected chi connectivity index (χ2v) is 5.60. The fraction of sp³-hybridized carbons (Fsp3) is 0.0455. The van der Waals surface area contributed by atoms with Gasteiger partial charge in [0.1, 0.15) is 24.0 Å². The summed E-state index contributed by atoms with van der Waals surface area (Å²) in [5, 5.41) is 9.31. The summed E-state index contributed by atoms with van der Waals surface area (Å²) in [5.74, 6) is -0.171. The Balaban J connectivity index is 1.74. The van der Waals surface area contributed by atoms with Crippen molar-refractivity contribution in [2.24, 2.45) is 0 Å². The van der Waals surface area contributed by atoms with Gasteiger partial charge in [0.25, 0.3) is 0 Å². The average molecular weight is 347 g/mol. The van der Waals surface area contributed by atoms with Crippen molar-refractivity contribution in [2.45, 2.75) is 6.61 Å². The summed E-state index contributed by atoms with van der Waals surface area (Å²) in [7, 11) is 0. The van der Waals surface area contributed by atoms with Crippen molar-refractivity contribution in [1.82, 2.24) is 0 Å². The first-order chi connectivity index (χ1) is 12.7. The van der Waals surface area contributed by atoms with E-state index in [1.165, 1.54) is 12.1 Å². The molecule has 0 atom stereocenters. The van der Waals surface area contributed by atoms with Crippen LogP contribution in [0, 0.1) is 23.0 Å². The molecule has 2 nitrogen and oxygen atoms in total. The summed E-state index contributed by atoms with van der Waals surface area (Å²) in [6.07, 6.45) is 1.61. The standard InChI is InChI=1S/C22H15F2NO/c23-21-7-3-1-5-17(21)15-26-19-11-9-16(10-12-19)13-18(14-25)20-6-2-4-8-22(20)24/h1-13H,15H2. The molecule has 3 aromatic carbocycles. The first kappa shape index (κ1) is 17.4. The Hall–Kier alpha value is -3.45. The van der Waals surface area contributed by atoms with E-state index in [1.54, 1.807) is 66.7 Å². The van der Waals surface area contributed by atoms with Gasteiger partial charge < -0.3 is 4.74 Å². The number of allylic oxidation sites excluding steroid dienone is 1. The number of hydrogen-bond donors (Lipinski definition) is 0. The van der Waals surface area contributed by atoms with Crippen LogP contribution in [0.25, 0.3) is 11.6 Å². The highest BCUT2D eigenvalue weighted by atomic mass is 19.1. The van der Waals surface area contributed by atoms with E-state index in [0.29, 0.717) is 11.3 Å². The molecule has 3 aromatic rings. The summed E-state index contributed by atoms with van der Waals surface area (Å²) in [4.78, 5) is 0. The van der Waals surface area contributed by atoms with Crippen LogP contribution in [0.3, 0.4) is 0 Å². The summed E-state index contributed by atoms with van der Waals surface area (Å²) < 4.78 is 33.0. The van der Waals surface area contributed by atoms with Gasteiger partial charge in [-0.15, -0.1) is 0 Å². The van der Waals surface area contributed by atoms with E-state index in [-0.39, 0.29) is 23.6 Å². The lowest BCUT2D eigenvalue weighted by Gasteiger charge is -2.07. The molecular weight excluding hydrogens is 332 g/mol. The molecule has 0 radical (unpaired) electrons. The van der Waals surface area contributed by atoms with Crippen LogP contribution in [-0.4, -0.2) is 0 Å². The zero-order valence-electron chi connectivity index (χ0n) is 13.8. The number of benzene rings is 3. The molecule has 3 rings (SSSR count). The van der Waals surface area contributed by atoms with Gasteiger partial charge in [-0.05, 0) is 35.9 Å². The van der Waals surface area contributed by atoms with Crippen LogP contribution in [-0.2, 0) is 6.61 Å². The van der Waals surface area contributed by atoms with Crippen LogP contribution in [0.2, 0.25) is 0 Å². The zero-order valence-corrected chi connectivity index (χ0v) is 13.8. The lowest BCUT2D eigenvalue weighted by atomic mass is 10.0. The normalized spacial score (nSPS) is 11.0. The summed E-state index contributed by atoms with van der Waals surface area (Å²) in [5.41, 5.74) is 1.71. The van der Waals surface area contributed by atoms with Crippen molar-refractivity contribution in [2.75, 3.05) is 0 Å². The van der Waals surface area contributed by atoms with Crippen molar-refractivity contribution in [3.63, 3.8) is 0 Å². The molecule has 0 spiro atoms. The highest BCUT2D eigenvalue weighted by Gasteiger charge is 2.07. The third kappa shape index (κ3) is 4.14. The Morgan fingerprint density at radius 3 is 2.19 bits per heavy atom. The van der Waals surface area contributed by atoms with Crippen LogP contribution in [0.5, 0.6) is 5.75 Å². The van der Waals surface area contributed by atoms with E-state index in [9.17, 15) is 14.0 Å². The van der Waals surface area contributed by atoms with Gasteiger partial charge in [-0.25, -0.2) is 8.78 Å².